The van der Waals surface area contributed by atoms with E-state index >= 15 is 0 Å². The Hall–Kier alpha value is -6.00. The lowest BCUT2D eigenvalue weighted by Gasteiger charge is -2.46. The molecular weight excluding hydrogens is 883 g/mol. The first-order valence-electron chi connectivity index (χ1n) is 23.0. The van der Waals surface area contributed by atoms with E-state index in [0.717, 1.165) is 86.9 Å². The number of nitrogens with one attached hydrogen (secondary N) is 2. The first kappa shape index (κ1) is 47.5. The van der Waals surface area contributed by atoms with Gasteiger partial charge < -0.3 is 25.4 Å². The van der Waals surface area contributed by atoms with Crippen LogP contribution in [0.1, 0.15) is 97.2 Å². The number of halogens is 4. The molecular formula is C50H57ClF3N9O4. The standard InChI is InChI=1S/C50H57ClF3N9O4/c1-30-22-42-40(46(58-32(3)57-42)56-31(2)36-23-37(50(52,53)54)27-38(55)24-36)28-39(30)34-10-18-61(45(65)26-34)17-5-16-60(4)29-33-8-12-49(13-9-33)14-20-62(21-15-49)47(66)35-6-7-41(51)43(25-35)63-19-11-44(64)59-48(63)67/h6-7,10,18,22-28,31,33H,5,8-9,11-17,19-21,29,55H2,1-4H3,(H,56,57,58)(H,59,64,67). The third-order valence-corrected chi connectivity index (χ3v) is 14.3. The first-order chi connectivity index (χ1) is 31.8. The number of urea groups is 1. The number of nitrogen functional groups attached to an aromatic ring is 1. The van der Waals surface area contributed by atoms with Crippen molar-refractivity contribution in [1.82, 2.24) is 29.7 Å². The van der Waals surface area contributed by atoms with Gasteiger partial charge in [0.1, 0.15) is 11.6 Å². The average Bonchev–Trinajstić information content (AvgIpc) is 3.27. The molecule has 8 rings (SSSR count). The summed E-state index contributed by atoms with van der Waals surface area (Å²) in [4.78, 5) is 66.1. The summed E-state index contributed by atoms with van der Waals surface area (Å²) in [5.74, 6) is 1.14. The number of piperidine rings is 1. The van der Waals surface area contributed by atoms with Gasteiger partial charge in [0.2, 0.25) is 5.91 Å². The van der Waals surface area contributed by atoms with Crippen LogP contribution in [0.4, 0.5) is 35.2 Å². The van der Waals surface area contributed by atoms with E-state index in [9.17, 15) is 32.3 Å². The van der Waals surface area contributed by atoms with Crippen LogP contribution in [0.3, 0.4) is 0 Å². The Morgan fingerprint density at radius 2 is 1.73 bits per heavy atom. The first-order valence-corrected chi connectivity index (χ1v) is 23.4. The van der Waals surface area contributed by atoms with E-state index in [1.807, 2.05) is 36.2 Å². The van der Waals surface area contributed by atoms with Crippen molar-refractivity contribution < 1.29 is 27.6 Å². The zero-order valence-corrected chi connectivity index (χ0v) is 39.1. The molecule has 1 unspecified atom stereocenters. The molecule has 0 radical (unpaired) electrons. The largest absolute Gasteiger partial charge is 0.416 e. The number of hydrogen-bond acceptors (Lipinski definition) is 9. The van der Waals surface area contributed by atoms with Gasteiger partial charge in [-0.25, -0.2) is 14.8 Å². The van der Waals surface area contributed by atoms with Crippen LogP contribution in [-0.2, 0) is 17.5 Å². The van der Waals surface area contributed by atoms with Crippen molar-refractivity contribution in [3.8, 4) is 11.1 Å². The zero-order valence-electron chi connectivity index (χ0n) is 38.3. The quantitative estimate of drug-likeness (QED) is 0.104. The fraction of sp³-hybridized carbons (Fsp3) is 0.440. The molecule has 3 fully saturated rings. The van der Waals surface area contributed by atoms with Crippen molar-refractivity contribution in [3.63, 3.8) is 0 Å². The van der Waals surface area contributed by atoms with E-state index in [4.69, 9.17) is 17.3 Å². The molecule has 17 heteroatoms. The smallest absolute Gasteiger partial charge is 0.399 e. The van der Waals surface area contributed by atoms with Gasteiger partial charge in [-0.3, -0.25) is 24.6 Å². The van der Waals surface area contributed by atoms with Crippen LogP contribution in [0, 0.1) is 25.2 Å². The Balaban J connectivity index is 0.821. The number of nitrogens with zero attached hydrogens (tertiary/aromatic N) is 6. The third kappa shape index (κ3) is 10.8. The minimum atomic E-state index is -4.54. The maximum absolute atomic E-state index is 13.6. The van der Waals surface area contributed by atoms with E-state index in [1.165, 1.54) is 11.0 Å². The van der Waals surface area contributed by atoms with Crippen LogP contribution in [0.15, 0.2) is 71.7 Å². The molecule has 1 aliphatic carbocycles. The number of hydrogen-bond donors (Lipinski definition) is 3. The predicted octanol–water partition coefficient (Wildman–Crippen LogP) is 9.38. The molecule has 3 aliphatic rings. The molecule has 1 spiro atoms. The monoisotopic (exact) mass is 939 g/mol. The maximum atomic E-state index is 13.6. The number of carbonyl (C=O) groups excluding carboxylic acids is 3. The van der Waals surface area contributed by atoms with Gasteiger partial charge in [0.05, 0.1) is 27.8 Å². The van der Waals surface area contributed by atoms with Crippen LogP contribution in [0.5, 0.6) is 0 Å². The Bertz CT molecular complexity index is 2760. The number of aromatic nitrogens is 3. The number of aryl methyl sites for hydroxylation is 3. The minimum Gasteiger partial charge on any atom is -0.399 e. The SMILES string of the molecule is Cc1nc(NC(C)c2cc(N)cc(C(F)(F)F)c2)c2cc(-c3ccn(CCCN(C)CC4CCC5(CC4)CCN(C(=O)c4ccc(Cl)c(N6CCC(=O)NC6=O)c4)CC5)c(=O)c3)c(C)cc2n1. The van der Waals surface area contributed by atoms with Gasteiger partial charge in [-0.15, -0.1) is 0 Å². The number of anilines is 3. The van der Waals surface area contributed by atoms with Crippen molar-refractivity contribution in [2.45, 2.75) is 90.9 Å². The molecule has 2 saturated heterocycles. The fourth-order valence-electron chi connectivity index (χ4n) is 10.1. The Labute approximate surface area is 392 Å². The van der Waals surface area contributed by atoms with Gasteiger partial charge >= 0.3 is 12.2 Å². The summed E-state index contributed by atoms with van der Waals surface area (Å²) in [6, 6.07) is 14.8. The number of imide groups is 1. The third-order valence-electron chi connectivity index (χ3n) is 13.9. The van der Waals surface area contributed by atoms with Crippen LogP contribution in [0.2, 0.25) is 5.02 Å². The van der Waals surface area contributed by atoms with Crippen LogP contribution in [-0.4, -0.2) is 82.0 Å². The van der Waals surface area contributed by atoms with Crippen molar-refractivity contribution in [2.75, 3.05) is 55.7 Å². The molecule has 354 valence electrons. The summed E-state index contributed by atoms with van der Waals surface area (Å²) in [6.07, 6.45) is 4.75. The number of fused-ring (bicyclic) bond motifs is 1. The lowest BCUT2D eigenvalue weighted by Crippen LogP contribution is -2.49. The molecule has 67 heavy (non-hydrogen) atoms. The molecule has 4 N–H and O–H groups in total. The molecule has 2 aliphatic heterocycles. The fourth-order valence-corrected chi connectivity index (χ4v) is 10.3. The van der Waals surface area contributed by atoms with Gasteiger partial charge in [-0.1, -0.05) is 11.6 Å². The summed E-state index contributed by atoms with van der Waals surface area (Å²) < 4.78 is 42.5. The number of alkyl halides is 3. The topological polar surface area (TPSA) is 159 Å². The summed E-state index contributed by atoms with van der Waals surface area (Å²) >= 11 is 6.43. The van der Waals surface area contributed by atoms with E-state index in [1.54, 1.807) is 42.7 Å². The van der Waals surface area contributed by atoms with E-state index in [-0.39, 0.29) is 41.4 Å². The second-order valence-electron chi connectivity index (χ2n) is 18.8. The van der Waals surface area contributed by atoms with E-state index < -0.39 is 23.8 Å². The predicted molar refractivity (Wildman–Crippen MR) is 255 cm³/mol. The summed E-state index contributed by atoms with van der Waals surface area (Å²) in [6.45, 7) is 9.45. The number of likely N-dealkylation sites (tertiary alicyclic amines) is 1. The Morgan fingerprint density at radius 3 is 2.43 bits per heavy atom. The van der Waals surface area contributed by atoms with Gasteiger partial charge in [-0.05, 0) is 167 Å². The van der Waals surface area contributed by atoms with Crippen molar-refractivity contribution >= 4 is 57.5 Å². The van der Waals surface area contributed by atoms with Gasteiger partial charge in [0.15, 0.2) is 0 Å². The van der Waals surface area contributed by atoms with Crippen LogP contribution >= 0.6 is 11.6 Å². The number of benzene rings is 3. The maximum Gasteiger partial charge on any atom is 0.416 e. The minimum absolute atomic E-state index is 0.0177. The van der Waals surface area contributed by atoms with Crippen LogP contribution in [0.25, 0.3) is 22.0 Å². The lowest BCUT2D eigenvalue weighted by molar-refractivity contribution is -0.137. The second-order valence-corrected chi connectivity index (χ2v) is 19.2. The zero-order chi connectivity index (χ0) is 47.8. The highest BCUT2D eigenvalue weighted by Gasteiger charge is 2.39. The number of amides is 4. The van der Waals surface area contributed by atoms with Crippen molar-refractivity contribution in [1.29, 1.82) is 0 Å². The Kier molecular flexibility index (Phi) is 13.7. The van der Waals surface area contributed by atoms with E-state index in [0.29, 0.717) is 69.9 Å². The molecule has 4 amide bonds. The molecule has 1 atom stereocenters. The molecule has 4 heterocycles. The Morgan fingerprint density at radius 1 is 0.985 bits per heavy atom. The summed E-state index contributed by atoms with van der Waals surface area (Å²) in [7, 11) is 2.15. The highest BCUT2D eigenvalue weighted by Crippen LogP contribution is 2.47. The average molecular weight is 941 g/mol. The summed E-state index contributed by atoms with van der Waals surface area (Å²) in [5.41, 5.74) is 9.62. The van der Waals surface area contributed by atoms with Crippen molar-refractivity contribution in [2.24, 2.45) is 11.3 Å². The molecule has 2 aromatic heterocycles. The highest BCUT2D eigenvalue weighted by molar-refractivity contribution is 6.34. The number of nitrogens with two attached hydrogens (primary N) is 1. The molecule has 1 saturated carbocycles. The molecule has 3 aromatic carbocycles. The lowest BCUT2D eigenvalue weighted by atomic mass is 9.65. The van der Waals surface area contributed by atoms with Gasteiger partial charge in [-0.2, -0.15) is 13.2 Å². The number of pyridine rings is 1. The highest BCUT2D eigenvalue weighted by atomic mass is 35.5. The molecule has 5 aromatic rings. The summed E-state index contributed by atoms with van der Waals surface area (Å²) in [5, 5.41) is 6.62. The van der Waals surface area contributed by atoms with Crippen LogP contribution < -0.4 is 26.8 Å². The molecule has 13 nitrogen and oxygen atoms in total. The van der Waals surface area contributed by atoms with E-state index in [2.05, 4.69) is 32.5 Å². The number of rotatable bonds is 12. The number of carbonyl (C=O) groups is 3. The normalized spacial score (nSPS) is 17.3. The van der Waals surface area contributed by atoms with Gasteiger partial charge in [0, 0.05) is 68.0 Å². The van der Waals surface area contributed by atoms with Gasteiger partial charge in [0.25, 0.3) is 11.5 Å². The molecule has 0 bridgehead atoms. The van der Waals surface area contributed by atoms with Crippen molar-refractivity contribution in [3.05, 3.63) is 110 Å². The second kappa shape index (κ2) is 19.3.